The van der Waals surface area contributed by atoms with E-state index in [4.69, 9.17) is 9.57 Å². The van der Waals surface area contributed by atoms with Gasteiger partial charge in [-0.3, -0.25) is 20.2 Å². The second-order valence-electron chi connectivity index (χ2n) is 5.85. The summed E-state index contributed by atoms with van der Waals surface area (Å²) >= 11 is 0. The molecule has 1 aliphatic rings. The lowest BCUT2D eigenvalue weighted by Gasteiger charge is -2.18. The Labute approximate surface area is 161 Å². The van der Waals surface area contributed by atoms with Crippen LogP contribution in [0.1, 0.15) is 32.6 Å². The minimum absolute atomic E-state index is 0.0402. The molecule has 1 saturated carbocycles. The molecule has 0 radical (unpaired) electrons. The van der Waals surface area contributed by atoms with Crippen LogP contribution in [0.2, 0.25) is 0 Å². The number of nitro groups is 1. The van der Waals surface area contributed by atoms with Gasteiger partial charge in [-0.1, -0.05) is 5.16 Å². The van der Waals surface area contributed by atoms with Crippen molar-refractivity contribution in [3.8, 4) is 0 Å². The van der Waals surface area contributed by atoms with Gasteiger partial charge in [0.2, 0.25) is 18.6 Å². The molecule has 1 heterocycles. The number of carbonyl (C=O) groups is 2. The molecule has 150 valence electrons. The summed E-state index contributed by atoms with van der Waals surface area (Å²) in [5, 5.41) is 17.4. The van der Waals surface area contributed by atoms with E-state index in [2.05, 4.69) is 20.4 Å². The van der Waals surface area contributed by atoms with Crippen LogP contribution in [0.3, 0.4) is 0 Å². The molecule has 0 saturated heterocycles. The topological polar surface area (TPSA) is 146 Å². The maximum atomic E-state index is 12.5. The molecule has 1 unspecified atom stereocenters. The summed E-state index contributed by atoms with van der Waals surface area (Å²) in [4.78, 5) is 47.5. The highest BCUT2D eigenvalue weighted by Gasteiger charge is 2.29. The average Bonchev–Trinajstić information content (AvgIpc) is 2.68. The predicted molar refractivity (Wildman–Crippen MR) is 98.0 cm³/mol. The molecule has 1 N–H and O–H groups in total. The van der Waals surface area contributed by atoms with Crippen molar-refractivity contribution in [1.29, 1.82) is 0 Å². The van der Waals surface area contributed by atoms with Crippen LogP contribution in [0.25, 0.3) is 0 Å². The third-order valence-electron chi connectivity index (χ3n) is 3.87. The van der Waals surface area contributed by atoms with Crippen LogP contribution in [-0.2, 0) is 19.2 Å². The Morgan fingerprint density at radius 3 is 2.82 bits per heavy atom. The lowest BCUT2D eigenvalue weighted by Crippen LogP contribution is -2.28. The van der Waals surface area contributed by atoms with E-state index in [1.165, 1.54) is 18.5 Å². The van der Waals surface area contributed by atoms with E-state index < -0.39 is 24.5 Å². The summed E-state index contributed by atoms with van der Waals surface area (Å²) in [7, 11) is 0. The molecule has 0 aromatic carbocycles. The van der Waals surface area contributed by atoms with Crippen molar-refractivity contribution in [2.24, 2.45) is 5.16 Å². The molecular weight excluding hydrogens is 370 g/mol. The van der Waals surface area contributed by atoms with Crippen LogP contribution in [0, 0.1) is 10.1 Å². The molecule has 0 aliphatic heterocycles. The molecule has 11 nitrogen and oxygen atoms in total. The molecule has 1 atom stereocenters. The standard InChI is InChI=1S/C17H21N5O6/c1-2-27-15(23)11-28-21-13(16(24)20-17-18-8-5-9-19-17)10-12-6-3-4-7-14(12)22(25)26/h5,8-10,14H,2-4,6-7,11H2,1H3,(H,18,19,20,24)/b12-10+,21-13+. The van der Waals surface area contributed by atoms with Gasteiger partial charge in [0.25, 0.3) is 5.91 Å². The zero-order valence-corrected chi connectivity index (χ0v) is 15.4. The number of nitrogens with zero attached hydrogens (tertiary/aromatic N) is 4. The minimum Gasteiger partial charge on any atom is -0.463 e. The summed E-state index contributed by atoms with van der Waals surface area (Å²) in [5.74, 6) is -1.32. The fraction of sp³-hybridized carbons (Fsp3) is 0.471. The Bertz CT molecular complexity index is 765. The van der Waals surface area contributed by atoms with E-state index in [0.717, 1.165) is 12.8 Å². The largest absolute Gasteiger partial charge is 0.463 e. The van der Waals surface area contributed by atoms with Crippen LogP contribution in [0.4, 0.5) is 5.95 Å². The fourth-order valence-corrected chi connectivity index (χ4v) is 2.62. The van der Waals surface area contributed by atoms with Gasteiger partial charge in [-0.15, -0.1) is 0 Å². The molecule has 1 amide bonds. The highest BCUT2D eigenvalue weighted by Crippen LogP contribution is 2.25. The smallest absolute Gasteiger partial charge is 0.347 e. The third kappa shape index (κ3) is 6.41. The summed E-state index contributed by atoms with van der Waals surface area (Å²) in [6.07, 6.45) is 6.58. The molecule has 0 spiro atoms. The summed E-state index contributed by atoms with van der Waals surface area (Å²) < 4.78 is 4.72. The zero-order chi connectivity index (χ0) is 20.4. The van der Waals surface area contributed by atoms with Gasteiger partial charge in [-0.2, -0.15) is 0 Å². The Balaban J connectivity index is 2.21. The van der Waals surface area contributed by atoms with E-state index in [1.807, 2.05) is 0 Å². The van der Waals surface area contributed by atoms with E-state index in [0.29, 0.717) is 18.4 Å². The lowest BCUT2D eigenvalue weighted by atomic mass is 9.89. The minimum atomic E-state index is -0.884. The maximum absolute atomic E-state index is 12.5. The molecule has 1 aromatic heterocycles. The number of ether oxygens (including phenoxy) is 1. The molecule has 0 bridgehead atoms. The maximum Gasteiger partial charge on any atom is 0.347 e. The van der Waals surface area contributed by atoms with Gasteiger partial charge in [0, 0.05) is 29.3 Å². The van der Waals surface area contributed by atoms with Gasteiger partial charge in [0.1, 0.15) is 0 Å². The molecule has 11 heteroatoms. The monoisotopic (exact) mass is 391 g/mol. The first-order valence-corrected chi connectivity index (χ1v) is 8.79. The van der Waals surface area contributed by atoms with Gasteiger partial charge < -0.3 is 9.57 Å². The van der Waals surface area contributed by atoms with Crippen LogP contribution in [-0.4, -0.2) is 51.7 Å². The van der Waals surface area contributed by atoms with Crippen molar-refractivity contribution in [3.63, 3.8) is 0 Å². The molecule has 2 rings (SSSR count). The number of esters is 1. The van der Waals surface area contributed by atoms with Gasteiger partial charge in [0.15, 0.2) is 5.71 Å². The van der Waals surface area contributed by atoms with E-state index in [1.54, 1.807) is 13.0 Å². The van der Waals surface area contributed by atoms with Crippen molar-refractivity contribution in [2.45, 2.75) is 38.6 Å². The van der Waals surface area contributed by atoms with E-state index in [-0.39, 0.29) is 23.2 Å². The Morgan fingerprint density at radius 2 is 2.14 bits per heavy atom. The van der Waals surface area contributed by atoms with Crippen LogP contribution in [0.15, 0.2) is 35.3 Å². The van der Waals surface area contributed by atoms with Crippen molar-refractivity contribution in [3.05, 3.63) is 40.2 Å². The second-order valence-corrected chi connectivity index (χ2v) is 5.85. The Hall–Kier alpha value is -3.37. The Morgan fingerprint density at radius 1 is 1.39 bits per heavy atom. The van der Waals surface area contributed by atoms with Crippen molar-refractivity contribution < 1.29 is 24.1 Å². The molecule has 28 heavy (non-hydrogen) atoms. The van der Waals surface area contributed by atoms with Crippen molar-refractivity contribution in [2.75, 3.05) is 18.5 Å². The first kappa shape index (κ1) is 20.9. The van der Waals surface area contributed by atoms with Gasteiger partial charge >= 0.3 is 5.97 Å². The number of rotatable bonds is 8. The fourth-order valence-electron chi connectivity index (χ4n) is 2.62. The lowest BCUT2D eigenvalue weighted by molar-refractivity contribution is -0.514. The van der Waals surface area contributed by atoms with Crippen LogP contribution >= 0.6 is 0 Å². The molecule has 1 aliphatic carbocycles. The van der Waals surface area contributed by atoms with Gasteiger partial charge in [-0.25, -0.2) is 14.8 Å². The normalized spacial score (nSPS) is 18.4. The molecule has 1 aromatic rings. The second kappa shape index (κ2) is 10.7. The number of hydrogen-bond acceptors (Lipinski definition) is 9. The first-order valence-electron chi connectivity index (χ1n) is 8.79. The Kier molecular flexibility index (Phi) is 8.00. The summed E-state index contributed by atoms with van der Waals surface area (Å²) in [5.41, 5.74) is 0.249. The summed E-state index contributed by atoms with van der Waals surface area (Å²) in [6, 6.07) is 0.698. The van der Waals surface area contributed by atoms with Crippen LogP contribution < -0.4 is 5.32 Å². The number of carbonyl (C=O) groups excluding carboxylic acids is 2. The zero-order valence-electron chi connectivity index (χ0n) is 15.4. The first-order chi connectivity index (χ1) is 13.5. The van der Waals surface area contributed by atoms with E-state index >= 15 is 0 Å². The molecule has 1 fully saturated rings. The third-order valence-corrected chi connectivity index (χ3v) is 3.87. The van der Waals surface area contributed by atoms with Crippen molar-refractivity contribution in [1.82, 2.24) is 9.97 Å². The van der Waals surface area contributed by atoms with Crippen LogP contribution in [0.5, 0.6) is 0 Å². The summed E-state index contributed by atoms with van der Waals surface area (Å²) in [6.45, 7) is 1.33. The van der Waals surface area contributed by atoms with Gasteiger partial charge in [-0.05, 0) is 38.3 Å². The molecular formula is C17H21N5O6. The van der Waals surface area contributed by atoms with E-state index in [9.17, 15) is 19.7 Å². The number of anilines is 1. The quantitative estimate of drug-likeness (QED) is 0.303. The van der Waals surface area contributed by atoms with Crippen molar-refractivity contribution >= 4 is 23.5 Å². The number of aromatic nitrogens is 2. The predicted octanol–water partition coefficient (Wildman–Crippen LogP) is 1.50. The highest BCUT2D eigenvalue weighted by molar-refractivity contribution is 6.46. The van der Waals surface area contributed by atoms with Gasteiger partial charge in [0.05, 0.1) is 6.61 Å². The number of amides is 1. The average molecular weight is 391 g/mol. The number of oxime groups is 1. The number of hydrogen-bond donors (Lipinski definition) is 1. The number of nitrogens with one attached hydrogen (secondary N) is 1. The SMILES string of the molecule is CCOC(=O)CO/N=C(\C=C1/CCCCC1[N+](=O)[O-])C(=O)Nc1ncccn1. The highest BCUT2D eigenvalue weighted by atomic mass is 16.7.